The van der Waals surface area contributed by atoms with E-state index in [0.29, 0.717) is 33.8 Å². The number of sulfone groups is 1. The van der Waals surface area contributed by atoms with Gasteiger partial charge in [0.15, 0.2) is 21.4 Å². The van der Waals surface area contributed by atoms with Crippen LogP contribution in [-0.4, -0.2) is 34.2 Å². The van der Waals surface area contributed by atoms with E-state index >= 15 is 0 Å². The summed E-state index contributed by atoms with van der Waals surface area (Å²) in [4.78, 5) is 23.2. The SMILES string of the molecule is COc1ccc(C(C)=O)cc1CS(=O)(=O)Cc1cc(C(C)=O)ccc1OC. The predicted molar refractivity (Wildman–Crippen MR) is 102 cm³/mol. The molecule has 0 bridgehead atoms. The van der Waals surface area contributed by atoms with Gasteiger partial charge in [0.25, 0.3) is 0 Å². The van der Waals surface area contributed by atoms with Gasteiger partial charge in [-0.1, -0.05) is 0 Å². The van der Waals surface area contributed by atoms with Crippen LogP contribution >= 0.6 is 0 Å². The van der Waals surface area contributed by atoms with E-state index in [1.165, 1.54) is 40.2 Å². The molecule has 27 heavy (non-hydrogen) atoms. The van der Waals surface area contributed by atoms with Crippen molar-refractivity contribution >= 4 is 21.4 Å². The van der Waals surface area contributed by atoms with Gasteiger partial charge in [0, 0.05) is 22.3 Å². The first-order valence-electron chi connectivity index (χ1n) is 8.23. The molecule has 6 nitrogen and oxygen atoms in total. The minimum absolute atomic E-state index is 0.160. The molecule has 0 heterocycles. The second kappa shape index (κ2) is 8.35. The van der Waals surface area contributed by atoms with Crippen LogP contribution in [0.15, 0.2) is 36.4 Å². The third kappa shape index (κ3) is 5.17. The highest BCUT2D eigenvalue weighted by Gasteiger charge is 2.20. The van der Waals surface area contributed by atoms with Gasteiger partial charge in [-0.2, -0.15) is 0 Å². The van der Waals surface area contributed by atoms with E-state index in [1.807, 2.05) is 0 Å². The van der Waals surface area contributed by atoms with Crippen molar-refractivity contribution in [2.45, 2.75) is 25.4 Å². The van der Waals surface area contributed by atoms with Crippen LogP contribution in [0.25, 0.3) is 0 Å². The Kier molecular flexibility index (Phi) is 6.38. The second-order valence-electron chi connectivity index (χ2n) is 6.20. The van der Waals surface area contributed by atoms with E-state index in [-0.39, 0.29) is 23.1 Å². The molecule has 144 valence electrons. The van der Waals surface area contributed by atoms with Crippen molar-refractivity contribution in [1.82, 2.24) is 0 Å². The lowest BCUT2D eigenvalue weighted by Gasteiger charge is -2.13. The lowest BCUT2D eigenvalue weighted by atomic mass is 10.1. The summed E-state index contributed by atoms with van der Waals surface area (Å²) < 4.78 is 36.0. The number of benzene rings is 2. The minimum Gasteiger partial charge on any atom is -0.496 e. The Morgan fingerprint density at radius 2 is 1.15 bits per heavy atom. The Morgan fingerprint density at radius 3 is 1.44 bits per heavy atom. The normalized spacial score (nSPS) is 11.1. The van der Waals surface area contributed by atoms with Crippen molar-refractivity contribution in [1.29, 1.82) is 0 Å². The number of methoxy groups -OCH3 is 2. The standard InChI is InChI=1S/C20H22O6S/c1-13(21)15-5-7-19(25-3)17(9-15)11-27(23,24)12-18-10-16(14(2)22)6-8-20(18)26-4/h5-10H,11-12H2,1-4H3. The van der Waals surface area contributed by atoms with Crippen LogP contribution in [0.3, 0.4) is 0 Å². The van der Waals surface area contributed by atoms with Crippen molar-refractivity contribution in [3.63, 3.8) is 0 Å². The maximum atomic E-state index is 12.8. The van der Waals surface area contributed by atoms with Crippen molar-refractivity contribution < 1.29 is 27.5 Å². The average molecular weight is 390 g/mol. The maximum Gasteiger partial charge on any atom is 0.159 e. The highest BCUT2D eigenvalue weighted by Crippen LogP contribution is 2.27. The fourth-order valence-electron chi connectivity index (χ4n) is 2.75. The Balaban J connectivity index is 2.38. The molecule has 0 fully saturated rings. The summed E-state index contributed by atoms with van der Waals surface area (Å²) in [5.41, 5.74) is 1.65. The summed E-state index contributed by atoms with van der Waals surface area (Å²) in [6.07, 6.45) is 0. The molecule has 0 amide bonds. The van der Waals surface area contributed by atoms with Gasteiger partial charge in [0.1, 0.15) is 11.5 Å². The Bertz CT molecular complexity index is 902. The van der Waals surface area contributed by atoms with E-state index < -0.39 is 9.84 Å². The van der Waals surface area contributed by atoms with Crippen molar-refractivity contribution in [2.24, 2.45) is 0 Å². The molecule has 0 aliphatic carbocycles. The number of ether oxygens (including phenoxy) is 2. The summed E-state index contributed by atoms with van der Waals surface area (Å²) in [6, 6.07) is 9.41. The molecule has 0 spiro atoms. The molecule has 7 heteroatoms. The van der Waals surface area contributed by atoms with Crippen LogP contribution in [0.5, 0.6) is 11.5 Å². The van der Waals surface area contributed by atoms with Gasteiger partial charge in [-0.05, 0) is 50.2 Å². The lowest BCUT2D eigenvalue weighted by molar-refractivity contribution is 0.100. The van der Waals surface area contributed by atoms with Gasteiger partial charge < -0.3 is 9.47 Å². The van der Waals surface area contributed by atoms with Crippen LogP contribution in [0.2, 0.25) is 0 Å². The molecule has 0 saturated heterocycles. The average Bonchev–Trinajstić information content (AvgIpc) is 2.60. The van der Waals surface area contributed by atoms with E-state index in [0.717, 1.165) is 0 Å². The third-order valence-corrected chi connectivity index (χ3v) is 5.63. The van der Waals surface area contributed by atoms with E-state index in [1.54, 1.807) is 24.3 Å². The number of hydrogen-bond donors (Lipinski definition) is 0. The molecule has 2 aromatic rings. The van der Waals surface area contributed by atoms with Crippen LogP contribution in [0.1, 0.15) is 45.7 Å². The first kappa shape index (κ1) is 20.6. The number of carbonyl (C=O) groups is 2. The van der Waals surface area contributed by atoms with E-state index in [9.17, 15) is 18.0 Å². The van der Waals surface area contributed by atoms with Gasteiger partial charge in [-0.15, -0.1) is 0 Å². The summed E-state index contributed by atoms with van der Waals surface area (Å²) in [6.45, 7) is 2.83. The fraction of sp³-hybridized carbons (Fsp3) is 0.300. The fourth-order valence-corrected chi connectivity index (χ4v) is 4.25. The van der Waals surface area contributed by atoms with Gasteiger partial charge in [0.2, 0.25) is 0 Å². The Labute approximate surface area is 159 Å². The number of rotatable bonds is 8. The number of Topliss-reactive ketones (excluding diaryl/α,β-unsaturated/α-hetero) is 2. The highest BCUT2D eigenvalue weighted by atomic mass is 32.2. The zero-order valence-corrected chi connectivity index (χ0v) is 16.6. The molecule has 2 rings (SSSR count). The van der Waals surface area contributed by atoms with Crippen LogP contribution in [-0.2, 0) is 21.3 Å². The first-order chi connectivity index (χ1) is 12.7. The Morgan fingerprint density at radius 1 is 0.778 bits per heavy atom. The number of ketones is 2. The zero-order valence-electron chi connectivity index (χ0n) is 15.7. The summed E-state index contributed by atoms with van der Waals surface area (Å²) in [5.74, 6) is -0.129. The Hall–Kier alpha value is -2.67. The summed E-state index contributed by atoms with van der Waals surface area (Å²) in [7, 11) is -0.735. The van der Waals surface area contributed by atoms with E-state index in [2.05, 4.69) is 0 Å². The van der Waals surface area contributed by atoms with Crippen molar-refractivity contribution in [3.05, 3.63) is 58.7 Å². The third-order valence-electron chi connectivity index (χ3n) is 4.12. The van der Waals surface area contributed by atoms with Crippen molar-refractivity contribution in [2.75, 3.05) is 14.2 Å². The minimum atomic E-state index is -3.62. The molecular formula is C20H22O6S. The second-order valence-corrected chi connectivity index (χ2v) is 8.26. The van der Waals surface area contributed by atoms with E-state index in [4.69, 9.17) is 9.47 Å². The monoisotopic (exact) mass is 390 g/mol. The molecule has 2 aromatic carbocycles. The molecule has 0 atom stereocenters. The molecule has 0 unspecified atom stereocenters. The maximum absolute atomic E-state index is 12.8. The summed E-state index contributed by atoms with van der Waals surface area (Å²) in [5, 5.41) is 0. The molecule has 0 aliphatic rings. The molecule has 0 aliphatic heterocycles. The largest absolute Gasteiger partial charge is 0.496 e. The van der Waals surface area contributed by atoms with Crippen LogP contribution < -0.4 is 9.47 Å². The highest BCUT2D eigenvalue weighted by molar-refractivity contribution is 7.89. The lowest BCUT2D eigenvalue weighted by Crippen LogP contribution is -2.11. The van der Waals surface area contributed by atoms with Gasteiger partial charge in [0.05, 0.1) is 25.7 Å². The van der Waals surface area contributed by atoms with Gasteiger partial charge in [-0.3, -0.25) is 9.59 Å². The molecule has 0 N–H and O–H groups in total. The van der Waals surface area contributed by atoms with Crippen LogP contribution in [0, 0.1) is 0 Å². The smallest absolute Gasteiger partial charge is 0.159 e. The van der Waals surface area contributed by atoms with Gasteiger partial charge in [-0.25, -0.2) is 8.42 Å². The molecule has 0 saturated carbocycles. The van der Waals surface area contributed by atoms with Crippen LogP contribution in [0.4, 0.5) is 0 Å². The number of hydrogen-bond acceptors (Lipinski definition) is 6. The molecule has 0 radical (unpaired) electrons. The summed E-state index contributed by atoms with van der Waals surface area (Å²) >= 11 is 0. The quantitative estimate of drug-likeness (QED) is 0.643. The number of carbonyl (C=O) groups excluding carboxylic acids is 2. The van der Waals surface area contributed by atoms with Gasteiger partial charge >= 0.3 is 0 Å². The first-order valence-corrected chi connectivity index (χ1v) is 10.0. The van der Waals surface area contributed by atoms with Crippen molar-refractivity contribution in [3.8, 4) is 11.5 Å². The molecular weight excluding hydrogens is 368 g/mol. The predicted octanol–water partition coefficient (Wildman–Crippen LogP) is 3.22. The molecule has 0 aromatic heterocycles. The zero-order chi connectivity index (χ0) is 20.2. The topological polar surface area (TPSA) is 86.7 Å².